The van der Waals surface area contributed by atoms with Crippen LogP contribution in [0.25, 0.3) is 0 Å². The number of ether oxygens (including phenoxy) is 1. The van der Waals surface area contributed by atoms with E-state index in [2.05, 4.69) is 32.1 Å². The standard InChI is InChI=1S/C28H36O5/c1-24-14-20(21(15-24)33-23(30)27(24,4)31)28(32)13-11-18-17-9-8-16-6-5-7-22(29)26(16,3)19(17)10-12-25(18,28)2/h5-9,17-21,31-32H,10-15H2,1-4H3/t17?,18?,19?,20?,21-,24-,25-,26-,27-,28+/m0/s1. The first-order chi connectivity index (χ1) is 15.4. The summed E-state index contributed by atoms with van der Waals surface area (Å²) in [4.78, 5) is 25.7. The molecule has 178 valence electrons. The third-order valence-electron chi connectivity index (χ3n) is 11.6. The summed E-state index contributed by atoms with van der Waals surface area (Å²) in [6, 6.07) is 0. The maximum Gasteiger partial charge on any atom is 0.338 e. The molecule has 1 aliphatic heterocycles. The summed E-state index contributed by atoms with van der Waals surface area (Å²) in [5, 5.41) is 23.4. The summed E-state index contributed by atoms with van der Waals surface area (Å²) in [6.45, 7) is 7.88. The van der Waals surface area contributed by atoms with E-state index in [0.717, 1.165) is 24.8 Å². The molecule has 1 saturated heterocycles. The van der Waals surface area contributed by atoms with Gasteiger partial charge in [-0.1, -0.05) is 38.2 Å². The molecule has 0 aromatic heterocycles. The van der Waals surface area contributed by atoms with Gasteiger partial charge in [-0.2, -0.15) is 0 Å². The Morgan fingerprint density at radius 3 is 2.42 bits per heavy atom. The first kappa shape index (κ1) is 21.8. The summed E-state index contributed by atoms with van der Waals surface area (Å²) in [6.07, 6.45) is 14.3. The van der Waals surface area contributed by atoms with Gasteiger partial charge in [-0.3, -0.25) is 4.79 Å². The molecule has 6 rings (SSSR count). The van der Waals surface area contributed by atoms with Crippen LogP contribution in [0.2, 0.25) is 0 Å². The number of ketones is 1. The normalized spacial score (nSPS) is 56.7. The molecule has 10 atom stereocenters. The summed E-state index contributed by atoms with van der Waals surface area (Å²) in [7, 11) is 0. The lowest BCUT2D eigenvalue weighted by atomic mass is 9.47. The molecular weight excluding hydrogens is 416 g/mol. The van der Waals surface area contributed by atoms with Gasteiger partial charge in [0.25, 0.3) is 0 Å². The van der Waals surface area contributed by atoms with Crippen molar-refractivity contribution in [3.63, 3.8) is 0 Å². The summed E-state index contributed by atoms with van der Waals surface area (Å²) in [5.41, 5.74) is -2.75. The molecule has 0 amide bonds. The molecule has 33 heavy (non-hydrogen) atoms. The topological polar surface area (TPSA) is 83.8 Å². The Kier molecular flexibility index (Phi) is 4.15. The molecule has 5 heteroatoms. The highest BCUT2D eigenvalue weighted by Gasteiger charge is 2.72. The van der Waals surface area contributed by atoms with Crippen LogP contribution < -0.4 is 0 Å². The predicted octanol–water partition coefficient (Wildman–Crippen LogP) is 3.89. The lowest BCUT2D eigenvalue weighted by Crippen LogP contribution is -2.58. The van der Waals surface area contributed by atoms with Gasteiger partial charge < -0.3 is 14.9 Å². The largest absolute Gasteiger partial charge is 0.460 e. The van der Waals surface area contributed by atoms with Gasteiger partial charge in [0.15, 0.2) is 11.4 Å². The Balaban J connectivity index is 1.36. The van der Waals surface area contributed by atoms with Crippen LogP contribution in [0.15, 0.2) is 36.0 Å². The minimum atomic E-state index is -1.52. The fourth-order valence-corrected chi connectivity index (χ4v) is 9.15. The summed E-state index contributed by atoms with van der Waals surface area (Å²) >= 11 is 0. The molecule has 4 fully saturated rings. The highest BCUT2D eigenvalue weighted by atomic mass is 16.6. The van der Waals surface area contributed by atoms with E-state index in [0.29, 0.717) is 19.3 Å². The van der Waals surface area contributed by atoms with Crippen molar-refractivity contribution in [3.05, 3.63) is 36.0 Å². The summed E-state index contributed by atoms with van der Waals surface area (Å²) < 4.78 is 5.76. The van der Waals surface area contributed by atoms with Crippen molar-refractivity contribution in [3.8, 4) is 0 Å². The van der Waals surface area contributed by atoms with Crippen LogP contribution in [0.5, 0.6) is 0 Å². The molecule has 6 aliphatic rings. The monoisotopic (exact) mass is 452 g/mol. The zero-order valence-electron chi connectivity index (χ0n) is 20.1. The van der Waals surface area contributed by atoms with Crippen molar-refractivity contribution in [2.45, 2.75) is 83.5 Å². The SMILES string of the molecule is C[C@]12C(=O)C=CC=C1C=CC1C2CC[C@@]2(C)C1CC[C@@]2(O)C1C[C@@]2(C)C[C@@H]1OC(=O)[C@]2(C)O. The molecule has 2 bridgehead atoms. The van der Waals surface area contributed by atoms with E-state index >= 15 is 0 Å². The first-order valence-electron chi connectivity index (χ1n) is 12.7. The predicted molar refractivity (Wildman–Crippen MR) is 123 cm³/mol. The van der Waals surface area contributed by atoms with Gasteiger partial charge in [-0.25, -0.2) is 4.79 Å². The number of fused-ring (bicyclic) bond motifs is 7. The average molecular weight is 453 g/mol. The smallest absolute Gasteiger partial charge is 0.338 e. The number of hydrogen-bond donors (Lipinski definition) is 2. The third-order valence-corrected chi connectivity index (χ3v) is 11.6. The molecule has 0 aromatic carbocycles. The Bertz CT molecular complexity index is 1040. The van der Waals surface area contributed by atoms with Gasteiger partial charge in [0, 0.05) is 16.7 Å². The average Bonchev–Trinajstić information content (AvgIpc) is 3.22. The van der Waals surface area contributed by atoms with Gasteiger partial charge in [-0.15, -0.1) is 0 Å². The van der Waals surface area contributed by atoms with E-state index in [-0.39, 0.29) is 41.0 Å². The highest BCUT2D eigenvalue weighted by molar-refractivity contribution is 5.99. The fraction of sp³-hybridized carbons (Fsp3) is 0.714. The zero-order valence-corrected chi connectivity index (χ0v) is 20.1. The van der Waals surface area contributed by atoms with E-state index in [1.54, 1.807) is 13.0 Å². The van der Waals surface area contributed by atoms with Crippen molar-refractivity contribution in [2.24, 2.45) is 39.9 Å². The van der Waals surface area contributed by atoms with Crippen molar-refractivity contribution in [1.82, 2.24) is 0 Å². The number of aliphatic hydroxyl groups is 2. The van der Waals surface area contributed by atoms with E-state index in [1.165, 1.54) is 0 Å². The second kappa shape index (κ2) is 6.28. The molecule has 1 heterocycles. The van der Waals surface area contributed by atoms with Crippen molar-refractivity contribution >= 4 is 11.8 Å². The maximum absolute atomic E-state index is 13.1. The Labute approximate surface area is 196 Å². The molecule has 4 unspecified atom stereocenters. The minimum Gasteiger partial charge on any atom is -0.460 e. The van der Waals surface area contributed by atoms with E-state index in [1.807, 2.05) is 13.0 Å². The van der Waals surface area contributed by atoms with E-state index in [9.17, 15) is 19.8 Å². The molecule has 3 saturated carbocycles. The first-order valence-corrected chi connectivity index (χ1v) is 12.7. The van der Waals surface area contributed by atoms with Crippen LogP contribution in [0.3, 0.4) is 0 Å². The fourth-order valence-electron chi connectivity index (χ4n) is 9.15. The van der Waals surface area contributed by atoms with Gasteiger partial charge in [-0.05, 0) is 81.8 Å². The number of hydrogen-bond acceptors (Lipinski definition) is 5. The molecule has 0 aromatic rings. The molecule has 2 N–H and O–H groups in total. The Morgan fingerprint density at radius 2 is 1.67 bits per heavy atom. The van der Waals surface area contributed by atoms with Crippen molar-refractivity contribution < 1.29 is 24.5 Å². The minimum absolute atomic E-state index is 0.176. The molecule has 5 nitrogen and oxygen atoms in total. The van der Waals surface area contributed by atoms with Crippen LogP contribution in [0.1, 0.15) is 66.2 Å². The molecule has 0 spiro atoms. The van der Waals surface area contributed by atoms with Crippen LogP contribution >= 0.6 is 0 Å². The molecule has 0 radical (unpaired) electrons. The van der Waals surface area contributed by atoms with Crippen molar-refractivity contribution in [2.75, 3.05) is 0 Å². The Hall–Kier alpha value is -1.72. The lowest BCUT2D eigenvalue weighted by molar-refractivity contribution is -0.199. The second-order valence-electron chi connectivity index (χ2n) is 12.7. The molecule has 5 aliphatic carbocycles. The van der Waals surface area contributed by atoms with Crippen LogP contribution in [0, 0.1) is 39.9 Å². The van der Waals surface area contributed by atoms with E-state index in [4.69, 9.17) is 4.74 Å². The highest BCUT2D eigenvalue weighted by Crippen LogP contribution is 2.70. The van der Waals surface area contributed by atoms with Gasteiger partial charge in [0.1, 0.15) is 6.10 Å². The second-order valence-corrected chi connectivity index (χ2v) is 12.7. The van der Waals surface area contributed by atoms with Crippen LogP contribution in [-0.2, 0) is 14.3 Å². The number of esters is 1. The van der Waals surface area contributed by atoms with Gasteiger partial charge >= 0.3 is 5.97 Å². The third kappa shape index (κ3) is 2.36. The Morgan fingerprint density at radius 1 is 0.939 bits per heavy atom. The van der Waals surface area contributed by atoms with Gasteiger partial charge in [0.2, 0.25) is 0 Å². The van der Waals surface area contributed by atoms with Crippen LogP contribution in [0.4, 0.5) is 0 Å². The zero-order chi connectivity index (χ0) is 23.6. The van der Waals surface area contributed by atoms with Gasteiger partial charge in [0.05, 0.1) is 11.0 Å². The number of carbonyl (C=O) groups excluding carboxylic acids is 2. The number of allylic oxidation sites excluding steroid dienone is 6. The van der Waals surface area contributed by atoms with Crippen molar-refractivity contribution in [1.29, 1.82) is 0 Å². The summed E-state index contributed by atoms with van der Waals surface area (Å²) in [5.74, 6) is 0.233. The maximum atomic E-state index is 13.1. The number of carbonyl (C=O) groups is 2. The van der Waals surface area contributed by atoms with E-state index < -0.39 is 28.0 Å². The quantitative estimate of drug-likeness (QED) is 0.590. The lowest BCUT2D eigenvalue weighted by Gasteiger charge is -2.57. The molecular formula is C28H36O5. The number of rotatable bonds is 1. The van der Waals surface area contributed by atoms with Crippen LogP contribution in [-0.4, -0.2) is 39.3 Å².